The Morgan fingerprint density at radius 2 is 1.89 bits per heavy atom. The molecule has 0 aromatic carbocycles. The minimum absolute atomic E-state index is 0.0698. The molecule has 0 aromatic rings. The topological polar surface area (TPSA) is 81.7 Å². The normalized spacial score (nSPS) is 12.9. The summed E-state index contributed by atoms with van der Waals surface area (Å²) < 4.78 is 0. The molecule has 0 radical (unpaired) electrons. The lowest BCUT2D eigenvalue weighted by molar-refractivity contribution is -0.138. The Bertz CT molecular complexity index is 300. The van der Waals surface area contributed by atoms with Crippen LogP contribution in [0, 0.1) is 5.41 Å². The summed E-state index contributed by atoms with van der Waals surface area (Å²) in [5, 5.41) is 14.7. The van der Waals surface area contributed by atoms with E-state index < -0.39 is 5.97 Å². The number of urea groups is 1. The molecule has 112 valence electrons. The van der Waals surface area contributed by atoms with Gasteiger partial charge in [0.1, 0.15) is 0 Å². The van der Waals surface area contributed by atoms with Crippen molar-refractivity contribution >= 4 is 12.0 Å². The Labute approximate surface area is 115 Å². The largest absolute Gasteiger partial charge is 0.481 e. The van der Waals surface area contributed by atoms with Gasteiger partial charge in [-0.15, -0.1) is 0 Å². The van der Waals surface area contributed by atoms with Gasteiger partial charge in [-0.05, 0) is 25.4 Å². The molecule has 0 spiro atoms. The molecule has 0 saturated heterocycles. The standard InChI is InChI=1S/C13H27N3O3/c1-13(2,3)10(9-11(17)18)15-12(19)16(5)8-6-7-14-4/h10,14H,6-9H2,1-5H3,(H,15,19)(H,17,18). The quantitative estimate of drug-likeness (QED) is 0.607. The average Bonchev–Trinajstić information content (AvgIpc) is 2.26. The van der Waals surface area contributed by atoms with Gasteiger partial charge >= 0.3 is 12.0 Å². The van der Waals surface area contributed by atoms with Crippen molar-refractivity contribution in [2.45, 2.75) is 39.7 Å². The Balaban J connectivity index is 4.41. The van der Waals surface area contributed by atoms with E-state index in [1.165, 1.54) is 0 Å². The summed E-state index contributed by atoms with van der Waals surface area (Å²) in [6.45, 7) is 7.23. The van der Waals surface area contributed by atoms with Gasteiger partial charge in [0.2, 0.25) is 0 Å². The minimum Gasteiger partial charge on any atom is -0.481 e. The lowest BCUT2D eigenvalue weighted by atomic mass is 9.85. The lowest BCUT2D eigenvalue weighted by Gasteiger charge is -2.32. The molecule has 19 heavy (non-hydrogen) atoms. The van der Waals surface area contributed by atoms with Crippen LogP contribution in [0.5, 0.6) is 0 Å². The van der Waals surface area contributed by atoms with E-state index in [1.807, 2.05) is 27.8 Å². The second-order valence-electron chi connectivity index (χ2n) is 5.84. The Kier molecular flexibility index (Phi) is 7.44. The zero-order chi connectivity index (χ0) is 15.1. The van der Waals surface area contributed by atoms with Crippen LogP contribution < -0.4 is 10.6 Å². The number of amides is 2. The summed E-state index contributed by atoms with van der Waals surface area (Å²) in [5.74, 6) is -0.905. The Hall–Kier alpha value is -1.30. The van der Waals surface area contributed by atoms with Gasteiger partial charge in [0.05, 0.1) is 6.42 Å². The van der Waals surface area contributed by atoms with Crippen molar-refractivity contribution in [3.8, 4) is 0 Å². The van der Waals surface area contributed by atoms with E-state index in [0.29, 0.717) is 6.54 Å². The number of rotatable bonds is 7. The van der Waals surface area contributed by atoms with Crippen molar-refractivity contribution in [1.82, 2.24) is 15.5 Å². The molecule has 0 saturated carbocycles. The van der Waals surface area contributed by atoms with Crippen LogP contribution in [0.1, 0.15) is 33.6 Å². The lowest BCUT2D eigenvalue weighted by Crippen LogP contribution is -2.49. The third-order valence-electron chi connectivity index (χ3n) is 2.99. The van der Waals surface area contributed by atoms with E-state index in [0.717, 1.165) is 13.0 Å². The summed E-state index contributed by atoms with van der Waals surface area (Å²) in [5.41, 5.74) is -0.292. The third kappa shape index (κ3) is 7.66. The zero-order valence-corrected chi connectivity index (χ0v) is 12.6. The van der Waals surface area contributed by atoms with Gasteiger partial charge in [0.25, 0.3) is 0 Å². The summed E-state index contributed by atoms with van der Waals surface area (Å²) >= 11 is 0. The second-order valence-corrected chi connectivity index (χ2v) is 5.84. The van der Waals surface area contributed by atoms with E-state index in [9.17, 15) is 9.59 Å². The molecule has 0 heterocycles. The number of carboxylic acid groups (broad SMARTS) is 1. The van der Waals surface area contributed by atoms with Gasteiger partial charge in [-0.25, -0.2) is 4.79 Å². The molecule has 0 fully saturated rings. The molecule has 0 rings (SSSR count). The molecule has 0 aliphatic carbocycles. The number of carbonyl (C=O) groups excluding carboxylic acids is 1. The summed E-state index contributed by atoms with van der Waals surface area (Å²) in [4.78, 5) is 24.4. The van der Waals surface area contributed by atoms with Crippen molar-refractivity contribution in [2.24, 2.45) is 5.41 Å². The molecule has 6 heteroatoms. The first-order valence-corrected chi connectivity index (χ1v) is 6.56. The van der Waals surface area contributed by atoms with Crippen molar-refractivity contribution in [3.63, 3.8) is 0 Å². The third-order valence-corrected chi connectivity index (χ3v) is 2.99. The van der Waals surface area contributed by atoms with Crippen molar-refractivity contribution < 1.29 is 14.7 Å². The SMILES string of the molecule is CNCCCN(C)C(=O)NC(CC(=O)O)C(C)(C)C. The van der Waals surface area contributed by atoms with Crippen molar-refractivity contribution in [3.05, 3.63) is 0 Å². The predicted molar refractivity (Wildman–Crippen MR) is 75.2 cm³/mol. The van der Waals surface area contributed by atoms with Gasteiger partial charge in [0.15, 0.2) is 0 Å². The molecule has 2 amide bonds. The van der Waals surface area contributed by atoms with Crippen LogP contribution in [0.3, 0.4) is 0 Å². The van der Waals surface area contributed by atoms with Crippen LogP contribution in [0.25, 0.3) is 0 Å². The molecular weight excluding hydrogens is 246 g/mol. The van der Waals surface area contributed by atoms with Gasteiger partial charge in [-0.3, -0.25) is 4.79 Å². The molecule has 0 bridgehead atoms. The highest BCUT2D eigenvalue weighted by Gasteiger charge is 2.29. The molecule has 1 atom stereocenters. The van der Waals surface area contributed by atoms with E-state index in [-0.39, 0.29) is 23.9 Å². The molecule has 6 nitrogen and oxygen atoms in total. The highest BCUT2D eigenvalue weighted by Crippen LogP contribution is 2.22. The number of nitrogens with one attached hydrogen (secondary N) is 2. The fourth-order valence-corrected chi connectivity index (χ4v) is 1.60. The van der Waals surface area contributed by atoms with Gasteiger partial charge in [-0.1, -0.05) is 20.8 Å². The molecule has 0 aliphatic rings. The van der Waals surface area contributed by atoms with Crippen LogP contribution >= 0.6 is 0 Å². The van der Waals surface area contributed by atoms with E-state index >= 15 is 0 Å². The van der Waals surface area contributed by atoms with Crippen LogP contribution in [0.15, 0.2) is 0 Å². The summed E-state index contributed by atoms with van der Waals surface area (Å²) in [6, 6.07) is -0.610. The first-order chi connectivity index (χ1) is 8.68. The number of nitrogens with zero attached hydrogens (tertiary/aromatic N) is 1. The first kappa shape index (κ1) is 17.7. The van der Waals surface area contributed by atoms with Crippen molar-refractivity contribution in [2.75, 3.05) is 27.2 Å². The highest BCUT2D eigenvalue weighted by atomic mass is 16.4. The number of hydrogen-bond acceptors (Lipinski definition) is 3. The average molecular weight is 273 g/mol. The van der Waals surface area contributed by atoms with Crippen LogP contribution in [0.4, 0.5) is 4.79 Å². The minimum atomic E-state index is -0.905. The maximum Gasteiger partial charge on any atom is 0.317 e. The van der Waals surface area contributed by atoms with E-state index in [1.54, 1.807) is 11.9 Å². The Morgan fingerprint density at radius 3 is 2.32 bits per heavy atom. The number of hydrogen-bond donors (Lipinski definition) is 3. The van der Waals surface area contributed by atoms with Crippen LogP contribution in [0.2, 0.25) is 0 Å². The zero-order valence-electron chi connectivity index (χ0n) is 12.6. The monoisotopic (exact) mass is 273 g/mol. The van der Waals surface area contributed by atoms with Gasteiger partial charge in [0, 0.05) is 19.6 Å². The Morgan fingerprint density at radius 1 is 1.32 bits per heavy atom. The summed E-state index contributed by atoms with van der Waals surface area (Å²) in [7, 11) is 3.58. The molecule has 0 aliphatic heterocycles. The van der Waals surface area contributed by atoms with E-state index in [2.05, 4.69) is 10.6 Å². The van der Waals surface area contributed by atoms with Crippen molar-refractivity contribution in [1.29, 1.82) is 0 Å². The fraction of sp³-hybridized carbons (Fsp3) is 0.846. The molecular formula is C13H27N3O3. The smallest absolute Gasteiger partial charge is 0.317 e. The fourth-order valence-electron chi connectivity index (χ4n) is 1.60. The maximum atomic E-state index is 12.0. The molecule has 3 N–H and O–H groups in total. The highest BCUT2D eigenvalue weighted by molar-refractivity contribution is 5.75. The number of aliphatic carboxylic acids is 1. The van der Waals surface area contributed by atoms with Crippen LogP contribution in [-0.2, 0) is 4.79 Å². The van der Waals surface area contributed by atoms with Crippen LogP contribution in [-0.4, -0.2) is 55.2 Å². The predicted octanol–water partition coefficient (Wildman–Crippen LogP) is 1.13. The first-order valence-electron chi connectivity index (χ1n) is 6.56. The summed E-state index contributed by atoms with van der Waals surface area (Å²) in [6.07, 6.45) is 0.791. The second kappa shape index (κ2) is 7.99. The number of carbonyl (C=O) groups is 2. The van der Waals surface area contributed by atoms with Gasteiger partial charge < -0.3 is 20.6 Å². The number of carboxylic acids is 1. The molecule has 1 unspecified atom stereocenters. The van der Waals surface area contributed by atoms with E-state index in [4.69, 9.17) is 5.11 Å². The maximum absolute atomic E-state index is 12.0. The van der Waals surface area contributed by atoms with Gasteiger partial charge in [-0.2, -0.15) is 0 Å². The molecule has 0 aromatic heterocycles.